The van der Waals surface area contributed by atoms with Crippen molar-refractivity contribution in [2.75, 3.05) is 6.54 Å². The predicted octanol–water partition coefficient (Wildman–Crippen LogP) is 2.41. The fourth-order valence-corrected chi connectivity index (χ4v) is 4.27. The molecule has 36 heavy (non-hydrogen) atoms. The number of rotatable bonds is 7. The normalized spacial score (nSPS) is 16.8. The highest BCUT2D eigenvalue weighted by atomic mass is 16.6. The first-order valence-electron chi connectivity index (χ1n) is 11.6. The molecule has 10 nitrogen and oxygen atoms in total. The van der Waals surface area contributed by atoms with Crippen LogP contribution in [0.3, 0.4) is 0 Å². The lowest BCUT2D eigenvalue weighted by Gasteiger charge is -2.20. The Kier molecular flexibility index (Phi) is 6.78. The van der Waals surface area contributed by atoms with Gasteiger partial charge in [-0.25, -0.2) is 9.89 Å². The Balaban J connectivity index is 1.45. The number of hydrogen-bond donors (Lipinski definition) is 4. The third-order valence-electron chi connectivity index (χ3n) is 5.85. The quantitative estimate of drug-likeness (QED) is 0.224. The number of H-pyrrole nitrogens is 1. The number of carbonyl (C=O) groups excluding carboxylic acids is 2. The molecule has 0 aliphatic carbocycles. The van der Waals surface area contributed by atoms with Gasteiger partial charge in [-0.1, -0.05) is 18.2 Å². The molecule has 2 atom stereocenters. The number of carbonyl (C=O) groups is 2. The maximum absolute atomic E-state index is 12.6. The average Bonchev–Trinajstić information content (AvgIpc) is 3.18. The van der Waals surface area contributed by atoms with Gasteiger partial charge in [-0.15, -0.1) is 0 Å². The second-order valence-electron chi connectivity index (χ2n) is 9.72. The zero-order valence-corrected chi connectivity index (χ0v) is 20.4. The molecule has 0 radical (unpaired) electrons. The minimum absolute atomic E-state index is 0.00598. The first-order chi connectivity index (χ1) is 17.0. The van der Waals surface area contributed by atoms with E-state index in [4.69, 9.17) is 20.6 Å². The van der Waals surface area contributed by atoms with Crippen molar-refractivity contribution in [3.8, 4) is 5.75 Å². The van der Waals surface area contributed by atoms with Crippen LogP contribution in [0.2, 0.25) is 0 Å². The maximum Gasteiger partial charge on any atom is 0.338 e. The predicted molar refractivity (Wildman–Crippen MR) is 134 cm³/mol. The van der Waals surface area contributed by atoms with Gasteiger partial charge in [0.2, 0.25) is 5.91 Å². The molecule has 188 valence electrons. The number of amides is 1. The molecule has 0 fully saturated rings. The zero-order valence-electron chi connectivity index (χ0n) is 20.4. The fraction of sp³-hybridized carbons (Fsp3) is 0.346. The summed E-state index contributed by atoms with van der Waals surface area (Å²) < 4.78 is 11.3. The average molecular weight is 492 g/mol. The van der Waals surface area contributed by atoms with Crippen molar-refractivity contribution in [1.29, 1.82) is 5.41 Å². The molecule has 0 spiro atoms. The van der Waals surface area contributed by atoms with Crippen LogP contribution < -0.4 is 21.3 Å². The van der Waals surface area contributed by atoms with Gasteiger partial charge in [-0.2, -0.15) is 5.10 Å². The van der Waals surface area contributed by atoms with Gasteiger partial charge in [0.1, 0.15) is 17.2 Å². The zero-order chi connectivity index (χ0) is 26.0. The van der Waals surface area contributed by atoms with Gasteiger partial charge in [-0.05, 0) is 51.5 Å². The van der Waals surface area contributed by atoms with Crippen molar-refractivity contribution in [3.05, 3.63) is 69.6 Å². The van der Waals surface area contributed by atoms with Gasteiger partial charge < -0.3 is 20.5 Å². The number of aromatic amines is 1. The summed E-state index contributed by atoms with van der Waals surface area (Å²) in [6.45, 7) is 5.67. The van der Waals surface area contributed by atoms with E-state index in [1.807, 2.05) is 0 Å². The van der Waals surface area contributed by atoms with Crippen LogP contribution in [-0.2, 0) is 16.0 Å². The third kappa shape index (κ3) is 5.37. The third-order valence-corrected chi connectivity index (χ3v) is 5.85. The van der Waals surface area contributed by atoms with Gasteiger partial charge in [0.25, 0.3) is 5.56 Å². The van der Waals surface area contributed by atoms with Crippen LogP contribution in [0.5, 0.6) is 5.75 Å². The molecule has 1 aliphatic heterocycles. The monoisotopic (exact) mass is 491 g/mol. The van der Waals surface area contributed by atoms with Gasteiger partial charge in [-0.3, -0.25) is 15.0 Å². The van der Waals surface area contributed by atoms with E-state index in [-0.39, 0.29) is 36.2 Å². The first kappa shape index (κ1) is 24.9. The molecule has 2 aromatic carbocycles. The van der Waals surface area contributed by atoms with Crippen LogP contribution in [0.15, 0.2) is 47.3 Å². The van der Waals surface area contributed by atoms with Crippen molar-refractivity contribution in [2.45, 2.75) is 51.2 Å². The number of nitrogens with zero attached hydrogens (tertiary/aromatic N) is 1. The molecule has 2 heterocycles. The van der Waals surface area contributed by atoms with E-state index in [0.29, 0.717) is 34.2 Å². The Morgan fingerprint density at radius 1 is 1.19 bits per heavy atom. The molecule has 1 aromatic heterocycles. The smallest absolute Gasteiger partial charge is 0.338 e. The van der Waals surface area contributed by atoms with Crippen LogP contribution in [0.25, 0.3) is 10.8 Å². The second-order valence-corrected chi connectivity index (χ2v) is 9.72. The van der Waals surface area contributed by atoms with E-state index in [1.165, 1.54) is 0 Å². The summed E-state index contributed by atoms with van der Waals surface area (Å²) in [5, 5.41) is 18.4. The summed E-state index contributed by atoms with van der Waals surface area (Å²) in [5.74, 6) is -0.634. The van der Waals surface area contributed by atoms with Crippen LogP contribution in [-0.4, -0.2) is 46.2 Å². The maximum atomic E-state index is 12.6. The van der Waals surface area contributed by atoms with Crippen molar-refractivity contribution in [2.24, 2.45) is 5.73 Å². The highest BCUT2D eigenvalue weighted by molar-refractivity contribution is 5.91. The molecule has 5 N–H and O–H groups in total. The summed E-state index contributed by atoms with van der Waals surface area (Å²) in [5.41, 5.74) is 6.43. The highest BCUT2D eigenvalue weighted by Gasteiger charge is 2.37. The highest BCUT2D eigenvalue weighted by Crippen LogP contribution is 2.41. The number of nitrogens with one attached hydrogen (secondary N) is 3. The Labute approximate surface area is 207 Å². The SMILES string of the molecule is CC(C)(C)OC(=O)c1ccc2c(c1)C(CCNC(=O)Cc1n[nH]c(=O)c3ccccc13)C(C(=N)N)O2. The second kappa shape index (κ2) is 9.80. The van der Waals surface area contributed by atoms with Crippen LogP contribution in [0.1, 0.15) is 54.7 Å². The largest absolute Gasteiger partial charge is 0.482 e. The Morgan fingerprint density at radius 2 is 1.92 bits per heavy atom. The molecule has 10 heteroatoms. The molecule has 3 aromatic rings. The van der Waals surface area contributed by atoms with Crippen molar-refractivity contribution >= 4 is 28.5 Å². The van der Waals surface area contributed by atoms with Gasteiger partial charge in [0, 0.05) is 23.4 Å². The lowest BCUT2D eigenvalue weighted by molar-refractivity contribution is -0.120. The number of nitrogens with two attached hydrogens (primary N) is 1. The summed E-state index contributed by atoms with van der Waals surface area (Å²) in [4.78, 5) is 37.2. The van der Waals surface area contributed by atoms with Gasteiger partial charge in [0.05, 0.1) is 23.1 Å². The van der Waals surface area contributed by atoms with Crippen molar-refractivity contribution in [1.82, 2.24) is 15.5 Å². The molecule has 0 bridgehead atoms. The van der Waals surface area contributed by atoms with Crippen LogP contribution in [0.4, 0.5) is 0 Å². The molecule has 0 saturated heterocycles. The summed E-state index contributed by atoms with van der Waals surface area (Å²) >= 11 is 0. The number of benzene rings is 2. The van der Waals surface area contributed by atoms with Crippen LogP contribution >= 0.6 is 0 Å². The fourth-order valence-electron chi connectivity index (χ4n) is 4.27. The summed E-state index contributed by atoms with van der Waals surface area (Å²) in [6.07, 6.45) is -0.273. The molecular weight excluding hydrogens is 462 g/mol. The summed E-state index contributed by atoms with van der Waals surface area (Å²) in [7, 11) is 0. The molecule has 4 rings (SSSR count). The Hall–Kier alpha value is -4.21. The van der Waals surface area contributed by atoms with E-state index in [9.17, 15) is 14.4 Å². The standard InChI is InChI=1S/C26H29N5O5/c1-26(2,3)36-25(34)14-8-9-20-18(12-14)16(22(35-20)23(27)28)10-11-29-21(32)13-19-15-6-4-5-7-17(15)24(33)31-30-19/h4-9,12,16,22H,10-11,13H2,1-3H3,(H3,27,28)(H,29,32)(H,31,33). The molecule has 1 aliphatic rings. The number of aromatic nitrogens is 2. The van der Waals surface area contributed by atoms with E-state index in [2.05, 4.69) is 15.5 Å². The van der Waals surface area contributed by atoms with Gasteiger partial charge in [0.15, 0.2) is 6.10 Å². The minimum Gasteiger partial charge on any atom is -0.482 e. The van der Waals surface area contributed by atoms with Crippen LogP contribution in [0, 0.1) is 5.41 Å². The van der Waals surface area contributed by atoms with E-state index in [0.717, 1.165) is 5.56 Å². The lowest BCUT2D eigenvalue weighted by Crippen LogP contribution is -2.36. The van der Waals surface area contributed by atoms with E-state index < -0.39 is 17.7 Å². The number of ether oxygens (including phenoxy) is 2. The van der Waals surface area contributed by atoms with Crippen molar-refractivity contribution in [3.63, 3.8) is 0 Å². The van der Waals surface area contributed by atoms with E-state index >= 15 is 0 Å². The first-order valence-corrected chi connectivity index (χ1v) is 11.6. The number of hydrogen-bond acceptors (Lipinski definition) is 7. The lowest BCUT2D eigenvalue weighted by atomic mass is 9.90. The minimum atomic E-state index is -0.699. The number of esters is 1. The molecule has 2 unspecified atom stereocenters. The topological polar surface area (TPSA) is 160 Å². The van der Waals surface area contributed by atoms with Crippen molar-refractivity contribution < 1.29 is 19.1 Å². The molecular formula is C26H29N5O5. The molecule has 0 saturated carbocycles. The number of amidine groups is 1. The Morgan fingerprint density at radius 3 is 2.61 bits per heavy atom. The number of fused-ring (bicyclic) bond motifs is 2. The van der Waals surface area contributed by atoms with E-state index in [1.54, 1.807) is 63.2 Å². The summed E-state index contributed by atoms with van der Waals surface area (Å²) in [6, 6.07) is 12.0. The molecule has 1 amide bonds. The Bertz CT molecular complexity index is 1390. The van der Waals surface area contributed by atoms with Gasteiger partial charge >= 0.3 is 5.97 Å².